The summed E-state index contributed by atoms with van der Waals surface area (Å²) in [5, 5.41) is 10.1. The van der Waals surface area contributed by atoms with E-state index in [1.165, 1.54) is 18.4 Å². The molecule has 118 valence electrons. The number of imidazole rings is 1. The first kappa shape index (κ1) is 15.3. The molecule has 1 aromatic heterocycles. The van der Waals surface area contributed by atoms with Gasteiger partial charge in [-0.2, -0.15) is 0 Å². The van der Waals surface area contributed by atoms with Crippen molar-refractivity contribution < 1.29 is 5.11 Å². The normalized spacial score (nSPS) is 21.0. The van der Waals surface area contributed by atoms with Gasteiger partial charge in [0, 0.05) is 19.1 Å². The first-order chi connectivity index (χ1) is 10.8. The summed E-state index contributed by atoms with van der Waals surface area (Å²) < 4.78 is 2.30. The molecule has 1 aliphatic heterocycles. The Labute approximate surface area is 132 Å². The quantitative estimate of drug-likeness (QED) is 0.834. The number of aliphatic hydroxyl groups excluding tert-OH is 1. The summed E-state index contributed by atoms with van der Waals surface area (Å²) in [4.78, 5) is 6.89. The van der Waals surface area contributed by atoms with Gasteiger partial charge in [-0.3, -0.25) is 4.90 Å². The van der Waals surface area contributed by atoms with E-state index in [4.69, 9.17) is 0 Å². The third-order valence-electron chi connectivity index (χ3n) is 4.53. The first-order valence-corrected chi connectivity index (χ1v) is 8.21. The van der Waals surface area contributed by atoms with E-state index in [1.54, 1.807) is 0 Å². The molecule has 1 saturated heterocycles. The Hall–Kier alpha value is -1.65. The number of para-hydroxylation sites is 2. The molecular weight excluding hydrogens is 274 g/mol. The number of fused-ring (bicyclic) bond motifs is 1. The number of aromatic nitrogens is 2. The lowest BCUT2D eigenvalue weighted by molar-refractivity contribution is 0.0822. The maximum atomic E-state index is 10.1. The Morgan fingerprint density at radius 1 is 1.41 bits per heavy atom. The number of likely N-dealkylation sites (tertiary alicyclic amines) is 1. The highest BCUT2D eigenvalue weighted by Crippen LogP contribution is 2.25. The molecule has 22 heavy (non-hydrogen) atoms. The second kappa shape index (κ2) is 7.07. The van der Waals surface area contributed by atoms with Gasteiger partial charge in [-0.1, -0.05) is 18.2 Å². The summed E-state index contributed by atoms with van der Waals surface area (Å²) >= 11 is 0. The molecule has 2 heterocycles. The molecule has 0 aliphatic carbocycles. The van der Waals surface area contributed by atoms with Crippen molar-refractivity contribution >= 4 is 11.0 Å². The molecule has 0 amide bonds. The summed E-state index contributed by atoms with van der Waals surface area (Å²) in [6, 6.07) is 8.75. The van der Waals surface area contributed by atoms with Crippen molar-refractivity contribution in [3.8, 4) is 0 Å². The molecule has 0 radical (unpaired) electrons. The molecule has 0 unspecified atom stereocenters. The van der Waals surface area contributed by atoms with Crippen molar-refractivity contribution in [2.24, 2.45) is 0 Å². The SMILES string of the molecule is C=CCC[C@@H](O)CN1CCC[C@H](n2cnc3ccccc32)C1. The van der Waals surface area contributed by atoms with Crippen LogP contribution in [0.1, 0.15) is 31.7 Å². The molecule has 4 heteroatoms. The van der Waals surface area contributed by atoms with Crippen LogP contribution in [0.4, 0.5) is 0 Å². The maximum Gasteiger partial charge on any atom is 0.0961 e. The molecule has 0 spiro atoms. The van der Waals surface area contributed by atoms with E-state index in [2.05, 4.69) is 39.2 Å². The molecule has 2 aromatic rings. The van der Waals surface area contributed by atoms with Crippen LogP contribution in [-0.4, -0.2) is 45.3 Å². The van der Waals surface area contributed by atoms with Crippen molar-refractivity contribution in [3.05, 3.63) is 43.2 Å². The van der Waals surface area contributed by atoms with Crippen LogP contribution in [0.2, 0.25) is 0 Å². The predicted molar refractivity (Wildman–Crippen MR) is 89.9 cm³/mol. The third kappa shape index (κ3) is 3.39. The fourth-order valence-electron chi connectivity index (χ4n) is 3.39. The molecule has 0 saturated carbocycles. The summed E-state index contributed by atoms with van der Waals surface area (Å²) in [7, 11) is 0. The smallest absolute Gasteiger partial charge is 0.0961 e. The van der Waals surface area contributed by atoms with Gasteiger partial charge in [-0.05, 0) is 44.4 Å². The van der Waals surface area contributed by atoms with Gasteiger partial charge in [0.15, 0.2) is 0 Å². The number of rotatable bonds is 6. The number of hydrogen-bond acceptors (Lipinski definition) is 3. The zero-order valence-electron chi connectivity index (χ0n) is 13.1. The van der Waals surface area contributed by atoms with Crippen LogP contribution in [0.5, 0.6) is 0 Å². The largest absolute Gasteiger partial charge is 0.392 e. The van der Waals surface area contributed by atoms with Crippen molar-refractivity contribution in [1.82, 2.24) is 14.5 Å². The molecule has 4 nitrogen and oxygen atoms in total. The van der Waals surface area contributed by atoms with Gasteiger partial charge in [-0.25, -0.2) is 4.98 Å². The predicted octanol–water partition coefficient (Wildman–Crippen LogP) is 3.00. The maximum absolute atomic E-state index is 10.1. The van der Waals surface area contributed by atoms with Crippen LogP contribution in [0.25, 0.3) is 11.0 Å². The van der Waals surface area contributed by atoms with E-state index in [-0.39, 0.29) is 6.10 Å². The molecule has 0 bridgehead atoms. The van der Waals surface area contributed by atoms with E-state index in [1.807, 2.05) is 18.5 Å². The van der Waals surface area contributed by atoms with E-state index in [0.717, 1.165) is 38.0 Å². The summed E-state index contributed by atoms with van der Waals surface area (Å²) in [6.45, 7) is 6.55. The van der Waals surface area contributed by atoms with Gasteiger partial charge >= 0.3 is 0 Å². The number of piperidine rings is 1. The lowest BCUT2D eigenvalue weighted by atomic mass is 10.0. The van der Waals surface area contributed by atoms with Gasteiger partial charge in [0.2, 0.25) is 0 Å². The van der Waals surface area contributed by atoms with Crippen LogP contribution < -0.4 is 0 Å². The number of allylic oxidation sites excluding steroid dienone is 1. The minimum absolute atomic E-state index is 0.253. The Kier molecular flexibility index (Phi) is 4.90. The highest BCUT2D eigenvalue weighted by atomic mass is 16.3. The Morgan fingerprint density at radius 3 is 3.14 bits per heavy atom. The van der Waals surface area contributed by atoms with E-state index in [0.29, 0.717) is 6.04 Å². The Bertz CT molecular complexity index is 622. The van der Waals surface area contributed by atoms with Crippen molar-refractivity contribution in [2.75, 3.05) is 19.6 Å². The molecule has 3 rings (SSSR count). The fraction of sp³-hybridized carbons (Fsp3) is 0.500. The van der Waals surface area contributed by atoms with E-state index >= 15 is 0 Å². The standard InChI is InChI=1S/C18H25N3O/c1-2-3-8-16(22)13-20-11-6-7-15(12-20)21-14-19-17-9-4-5-10-18(17)21/h2,4-5,9-10,14-16,22H,1,3,6-8,11-13H2/t15-,16+/m0/s1. The van der Waals surface area contributed by atoms with E-state index in [9.17, 15) is 5.11 Å². The second-order valence-electron chi connectivity index (χ2n) is 6.22. The molecule has 1 aromatic carbocycles. The van der Waals surface area contributed by atoms with Gasteiger partial charge in [0.05, 0.1) is 23.5 Å². The summed E-state index contributed by atoms with van der Waals surface area (Å²) in [6.07, 6.45) is 7.62. The first-order valence-electron chi connectivity index (χ1n) is 8.21. The van der Waals surface area contributed by atoms with Gasteiger partial charge < -0.3 is 9.67 Å². The van der Waals surface area contributed by atoms with Gasteiger partial charge in [0.25, 0.3) is 0 Å². The minimum atomic E-state index is -0.253. The van der Waals surface area contributed by atoms with E-state index < -0.39 is 0 Å². The van der Waals surface area contributed by atoms with Crippen molar-refractivity contribution in [2.45, 2.75) is 37.8 Å². The third-order valence-corrected chi connectivity index (χ3v) is 4.53. The zero-order chi connectivity index (χ0) is 15.4. The van der Waals surface area contributed by atoms with Gasteiger partial charge in [-0.15, -0.1) is 6.58 Å². The lowest BCUT2D eigenvalue weighted by Gasteiger charge is -2.34. The lowest BCUT2D eigenvalue weighted by Crippen LogP contribution is -2.40. The molecule has 1 aliphatic rings. The monoisotopic (exact) mass is 299 g/mol. The fourth-order valence-corrected chi connectivity index (χ4v) is 3.39. The highest BCUT2D eigenvalue weighted by Gasteiger charge is 2.23. The van der Waals surface area contributed by atoms with Crippen LogP contribution in [0.15, 0.2) is 43.2 Å². The van der Waals surface area contributed by atoms with Crippen LogP contribution in [0.3, 0.4) is 0 Å². The molecule has 1 N–H and O–H groups in total. The second-order valence-corrected chi connectivity index (χ2v) is 6.22. The van der Waals surface area contributed by atoms with Crippen LogP contribution in [-0.2, 0) is 0 Å². The average Bonchev–Trinajstić information content (AvgIpc) is 2.97. The Balaban J connectivity index is 1.66. The number of β-amino-alcohol motifs (C(OH)–C–C–N with tert-alkyl or cyclic N) is 1. The zero-order valence-corrected chi connectivity index (χ0v) is 13.1. The average molecular weight is 299 g/mol. The number of hydrogen-bond donors (Lipinski definition) is 1. The summed E-state index contributed by atoms with van der Waals surface area (Å²) in [5.74, 6) is 0. The van der Waals surface area contributed by atoms with Crippen LogP contribution >= 0.6 is 0 Å². The summed E-state index contributed by atoms with van der Waals surface area (Å²) in [5.41, 5.74) is 2.27. The highest BCUT2D eigenvalue weighted by molar-refractivity contribution is 5.75. The number of aliphatic hydroxyl groups is 1. The molecule has 1 fully saturated rings. The van der Waals surface area contributed by atoms with Crippen molar-refractivity contribution in [3.63, 3.8) is 0 Å². The van der Waals surface area contributed by atoms with Crippen LogP contribution in [0, 0.1) is 0 Å². The van der Waals surface area contributed by atoms with Crippen molar-refractivity contribution in [1.29, 1.82) is 0 Å². The molecule has 2 atom stereocenters. The number of benzene rings is 1. The number of nitrogens with zero attached hydrogens (tertiary/aromatic N) is 3. The molecular formula is C18H25N3O. The minimum Gasteiger partial charge on any atom is -0.392 e. The topological polar surface area (TPSA) is 41.3 Å². The van der Waals surface area contributed by atoms with Gasteiger partial charge in [0.1, 0.15) is 0 Å². The Morgan fingerprint density at radius 2 is 2.27 bits per heavy atom.